The first kappa shape index (κ1) is 27.4. The van der Waals surface area contributed by atoms with Crippen molar-refractivity contribution in [2.24, 2.45) is 50.2 Å². The lowest BCUT2D eigenvalue weighted by Gasteiger charge is -2.70. The first-order chi connectivity index (χ1) is 17.1. The van der Waals surface area contributed by atoms with Crippen LogP contribution in [-0.2, 0) is 14.3 Å². The monoisotopic (exact) mass is 514 g/mol. The molecule has 5 aliphatic rings. The molecule has 5 rings (SSSR count). The van der Waals surface area contributed by atoms with Crippen LogP contribution in [0.15, 0.2) is 11.6 Å². The van der Waals surface area contributed by atoms with Gasteiger partial charge in [0.15, 0.2) is 5.78 Å². The second-order valence-electron chi connectivity index (χ2n) is 15.5. The van der Waals surface area contributed by atoms with Gasteiger partial charge in [-0.05, 0) is 110 Å². The molecule has 0 spiro atoms. The van der Waals surface area contributed by atoms with E-state index in [1.165, 1.54) is 5.57 Å². The molecule has 4 saturated carbocycles. The number of aliphatic carboxylic acids is 1. The van der Waals surface area contributed by atoms with Gasteiger partial charge in [0.25, 0.3) is 0 Å². The summed E-state index contributed by atoms with van der Waals surface area (Å²) in [4.78, 5) is 26.7. The smallest absolute Gasteiger partial charge is 0.309 e. The molecule has 0 aromatic carbocycles. The SMILES string of the molecule is CC1(C(=O)O)CC[C@]2(C)CC[C@]3(C)C(=CC(=O)[C@@H]4[C@@]5(C)CC[C@H](OCCO)C(C)(C)C5CC[C@]43C)[C@@H]2C1. The zero-order chi connectivity index (χ0) is 27.2. The Labute approximate surface area is 223 Å². The summed E-state index contributed by atoms with van der Waals surface area (Å²) >= 11 is 0. The van der Waals surface area contributed by atoms with Crippen LogP contribution < -0.4 is 0 Å². The predicted octanol–water partition coefficient (Wildman–Crippen LogP) is 6.43. The fraction of sp³-hybridized carbons (Fsp3) is 0.875. The van der Waals surface area contributed by atoms with Gasteiger partial charge in [-0.2, -0.15) is 0 Å². The molecule has 0 aliphatic heterocycles. The number of fused-ring (bicyclic) bond motifs is 7. The number of aliphatic hydroxyl groups excluding tert-OH is 1. The Kier molecular flexibility index (Phi) is 6.21. The minimum Gasteiger partial charge on any atom is -0.481 e. The number of ketones is 1. The van der Waals surface area contributed by atoms with Crippen LogP contribution in [0.3, 0.4) is 0 Å². The summed E-state index contributed by atoms with van der Waals surface area (Å²) in [6, 6.07) is 0. The highest BCUT2D eigenvalue weighted by Gasteiger charge is 2.70. The molecule has 5 nitrogen and oxygen atoms in total. The lowest BCUT2D eigenvalue weighted by atomic mass is 9.33. The van der Waals surface area contributed by atoms with Gasteiger partial charge in [-0.1, -0.05) is 47.1 Å². The fourth-order valence-electron chi connectivity index (χ4n) is 10.8. The second kappa shape index (κ2) is 8.40. The first-order valence-electron chi connectivity index (χ1n) is 14.8. The van der Waals surface area contributed by atoms with Crippen molar-refractivity contribution in [2.75, 3.05) is 13.2 Å². The van der Waals surface area contributed by atoms with Gasteiger partial charge in [-0.3, -0.25) is 9.59 Å². The standard InChI is InChI=1S/C32H50O5/c1-27(2)23-8-11-32(7)25(30(23,5)10-9-24(27)37-17-16-33)22(34)18-20-21-19-29(4,26(35)36)13-12-28(21,3)14-15-31(20,32)6/h18,21,23-25,33H,8-17,19H2,1-7H3,(H,35,36)/t21-,23?,24-,25+,28+,29?,30-,31+,32+/m0/s1. The topological polar surface area (TPSA) is 83.8 Å². The molecule has 37 heavy (non-hydrogen) atoms. The summed E-state index contributed by atoms with van der Waals surface area (Å²) in [5.74, 6) is 0.122. The molecule has 2 N–H and O–H groups in total. The molecule has 2 unspecified atom stereocenters. The molecule has 0 aromatic heterocycles. The van der Waals surface area contributed by atoms with Gasteiger partial charge >= 0.3 is 5.97 Å². The molecular formula is C32H50O5. The Balaban J connectivity index is 1.56. The van der Waals surface area contributed by atoms with Crippen molar-refractivity contribution < 1.29 is 24.5 Å². The van der Waals surface area contributed by atoms with Gasteiger partial charge in [0.1, 0.15) is 0 Å². The van der Waals surface area contributed by atoms with E-state index in [-0.39, 0.29) is 51.6 Å². The summed E-state index contributed by atoms with van der Waals surface area (Å²) in [7, 11) is 0. The Bertz CT molecular complexity index is 1010. The largest absolute Gasteiger partial charge is 0.481 e. The Morgan fingerprint density at radius 3 is 2.30 bits per heavy atom. The molecule has 0 radical (unpaired) electrons. The van der Waals surface area contributed by atoms with Gasteiger partial charge < -0.3 is 14.9 Å². The van der Waals surface area contributed by atoms with Crippen molar-refractivity contribution in [3.63, 3.8) is 0 Å². The van der Waals surface area contributed by atoms with Crippen molar-refractivity contribution in [2.45, 2.75) is 112 Å². The van der Waals surface area contributed by atoms with E-state index in [1.807, 2.05) is 13.0 Å². The van der Waals surface area contributed by atoms with E-state index in [2.05, 4.69) is 41.5 Å². The van der Waals surface area contributed by atoms with Crippen LogP contribution in [0.1, 0.15) is 106 Å². The Hall–Kier alpha value is -1.20. The van der Waals surface area contributed by atoms with Gasteiger partial charge in [0, 0.05) is 5.92 Å². The van der Waals surface area contributed by atoms with Crippen LogP contribution in [0.25, 0.3) is 0 Å². The predicted molar refractivity (Wildman–Crippen MR) is 144 cm³/mol. The molecule has 0 heterocycles. The number of aliphatic hydroxyl groups is 1. The Morgan fingerprint density at radius 2 is 1.65 bits per heavy atom. The molecule has 4 fully saturated rings. The van der Waals surface area contributed by atoms with Crippen molar-refractivity contribution in [3.05, 3.63) is 11.6 Å². The zero-order valence-corrected chi connectivity index (χ0v) is 24.3. The maximum atomic E-state index is 14.4. The van der Waals surface area contributed by atoms with Crippen LogP contribution in [0.4, 0.5) is 0 Å². The number of carbonyl (C=O) groups excluding carboxylic acids is 1. The van der Waals surface area contributed by atoms with E-state index in [0.717, 1.165) is 51.4 Å². The first-order valence-corrected chi connectivity index (χ1v) is 14.8. The van der Waals surface area contributed by atoms with Gasteiger partial charge in [-0.25, -0.2) is 0 Å². The number of ether oxygens (including phenoxy) is 1. The summed E-state index contributed by atoms with van der Waals surface area (Å²) < 4.78 is 6.15. The molecule has 0 bridgehead atoms. The number of rotatable bonds is 4. The summed E-state index contributed by atoms with van der Waals surface area (Å²) in [5.41, 5.74) is 0.257. The third-order valence-corrected chi connectivity index (χ3v) is 13.4. The summed E-state index contributed by atoms with van der Waals surface area (Å²) in [6.45, 7) is 16.5. The fourth-order valence-corrected chi connectivity index (χ4v) is 10.8. The number of allylic oxidation sites excluding steroid dienone is 2. The van der Waals surface area contributed by atoms with Crippen molar-refractivity contribution in [3.8, 4) is 0 Å². The van der Waals surface area contributed by atoms with Crippen molar-refractivity contribution in [1.82, 2.24) is 0 Å². The number of carboxylic acids is 1. The van der Waals surface area contributed by atoms with Gasteiger partial charge in [0.2, 0.25) is 0 Å². The van der Waals surface area contributed by atoms with Gasteiger partial charge in [-0.15, -0.1) is 0 Å². The Morgan fingerprint density at radius 1 is 0.973 bits per heavy atom. The highest BCUT2D eigenvalue weighted by molar-refractivity contribution is 5.95. The number of hydrogen-bond acceptors (Lipinski definition) is 4. The zero-order valence-electron chi connectivity index (χ0n) is 24.3. The maximum absolute atomic E-state index is 14.4. The molecule has 9 atom stereocenters. The quantitative estimate of drug-likeness (QED) is 0.452. The van der Waals surface area contributed by atoms with Crippen molar-refractivity contribution >= 4 is 11.8 Å². The van der Waals surface area contributed by atoms with Crippen molar-refractivity contribution in [1.29, 1.82) is 0 Å². The summed E-state index contributed by atoms with van der Waals surface area (Å²) in [5, 5.41) is 19.5. The average molecular weight is 515 g/mol. The van der Waals surface area contributed by atoms with E-state index in [9.17, 15) is 19.8 Å². The maximum Gasteiger partial charge on any atom is 0.309 e. The summed E-state index contributed by atoms with van der Waals surface area (Å²) in [6.07, 6.45) is 10.6. The van der Waals surface area contributed by atoms with Crippen LogP contribution in [0.2, 0.25) is 0 Å². The van der Waals surface area contributed by atoms with Gasteiger partial charge in [0.05, 0.1) is 24.7 Å². The lowest BCUT2D eigenvalue weighted by molar-refractivity contribution is -0.210. The highest BCUT2D eigenvalue weighted by Crippen LogP contribution is 2.75. The van der Waals surface area contributed by atoms with Crippen LogP contribution in [-0.4, -0.2) is 41.3 Å². The van der Waals surface area contributed by atoms with Crippen LogP contribution in [0, 0.1) is 50.2 Å². The second-order valence-corrected chi connectivity index (χ2v) is 15.5. The normalized spacial score (nSPS) is 50.7. The number of carboxylic acid groups (broad SMARTS) is 1. The third-order valence-electron chi connectivity index (χ3n) is 13.4. The van der Waals surface area contributed by atoms with E-state index >= 15 is 0 Å². The van der Waals surface area contributed by atoms with E-state index in [1.54, 1.807) is 0 Å². The lowest BCUT2D eigenvalue weighted by Crippen LogP contribution is -2.66. The van der Waals surface area contributed by atoms with E-state index < -0.39 is 11.4 Å². The van der Waals surface area contributed by atoms with Crippen LogP contribution >= 0.6 is 0 Å². The molecule has 5 heteroatoms. The number of hydrogen-bond donors (Lipinski definition) is 2. The van der Waals surface area contributed by atoms with E-state index in [4.69, 9.17) is 4.74 Å². The minimum absolute atomic E-state index is 0.0237. The molecule has 5 aliphatic carbocycles. The van der Waals surface area contributed by atoms with E-state index in [0.29, 0.717) is 24.7 Å². The van der Waals surface area contributed by atoms with Crippen LogP contribution in [0.5, 0.6) is 0 Å². The third kappa shape index (κ3) is 3.54. The molecule has 208 valence electrons. The molecular weight excluding hydrogens is 464 g/mol. The minimum atomic E-state index is -0.718. The molecule has 0 amide bonds. The number of carbonyl (C=O) groups is 2. The molecule has 0 aromatic rings. The average Bonchev–Trinajstić information content (AvgIpc) is 2.80. The highest BCUT2D eigenvalue weighted by atomic mass is 16.5. The molecule has 0 saturated heterocycles.